The number of fused-ring (bicyclic) bond motifs is 1. The van der Waals surface area contributed by atoms with Crippen LogP contribution in [0.4, 0.5) is 0 Å². The number of hydrogen-bond acceptors (Lipinski definition) is 3. The van der Waals surface area contributed by atoms with Crippen molar-refractivity contribution in [2.75, 3.05) is 6.61 Å². The molecule has 0 saturated heterocycles. The molecule has 1 aliphatic heterocycles. The Hall–Kier alpha value is -1.55. The Morgan fingerprint density at radius 1 is 1.44 bits per heavy atom. The molecule has 0 radical (unpaired) electrons. The molecule has 0 bridgehead atoms. The molecular weight excluding hydrogens is 232 g/mol. The van der Waals surface area contributed by atoms with Gasteiger partial charge in [0, 0.05) is 18.6 Å². The second kappa shape index (κ2) is 4.28. The van der Waals surface area contributed by atoms with Crippen LogP contribution in [-0.2, 0) is 15.1 Å². The van der Waals surface area contributed by atoms with E-state index in [0.717, 1.165) is 0 Å². The smallest absolute Gasteiger partial charge is 0.340 e. The lowest BCUT2D eigenvalue weighted by Crippen LogP contribution is -2.50. The first kappa shape index (κ1) is 12.9. The van der Waals surface area contributed by atoms with E-state index >= 15 is 0 Å². The largest absolute Gasteiger partial charge is 0.487 e. The fourth-order valence-electron chi connectivity index (χ4n) is 2.55. The first-order valence-corrected chi connectivity index (χ1v) is 6.07. The highest BCUT2D eigenvalue weighted by Crippen LogP contribution is 2.45. The second-order valence-electron chi connectivity index (χ2n) is 5.10. The predicted molar refractivity (Wildman–Crippen MR) is 66.7 cm³/mol. The van der Waals surface area contributed by atoms with Crippen LogP contribution in [0.3, 0.4) is 0 Å². The van der Waals surface area contributed by atoms with Crippen LogP contribution in [-0.4, -0.2) is 23.3 Å². The zero-order valence-corrected chi connectivity index (χ0v) is 10.9. The van der Waals surface area contributed by atoms with E-state index in [4.69, 9.17) is 9.47 Å². The SMILES string of the molecule is CCOC1(C(=O)O)CC(C)(C)Oc2ccccc21. The highest BCUT2D eigenvalue weighted by Gasteiger charge is 2.51. The second-order valence-corrected chi connectivity index (χ2v) is 5.10. The molecule has 1 N–H and O–H groups in total. The van der Waals surface area contributed by atoms with Crippen LogP contribution in [0.15, 0.2) is 24.3 Å². The van der Waals surface area contributed by atoms with Crippen molar-refractivity contribution in [2.24, 2.45) is 0 Å². The molecule has 1 heterocycles. The normalized spacial score (nSPS) is 25.1. The fourth-order valence-corrected chi connectivity index (χ4v) is 2.55. The van der Waals surface area contributed by atoms with Crippen molar-refractivity contribution in [3.8, 4) is 5.75 Å². The molecule has 0 saturated carbocycles. The van der Waals surface area contributed by atoms with Gasteiger partial charge in [0.05, 0.1) is 0 Å². The zero-order chi connectivity index (χ0) is 13.4. The molecule has 4 heteroatoms. The van der Waals surface area contributed by atoms with Crippen molar-refractivity contribution in [3.05, 3.63) is 29.8 Å². The first-order chi connectivity index (χ1) is 8.41. The third kappa shape index (κ3) is 1.97. The van der Waals surface area contributed by atoms with Gasteiger partial charge in [0.15, 0.2) is 5.60 Å². The van der Waals surface area contributed by atoms with Gasteiger partial charge in [-0.2, -0.15) is 0 Å². The molecule has 0 fully saturated rings. The average Bonchev–Trinajstić information content (AvgIpc) is 2.27. The van der Waals surface area contributed by atoms with Gasteiger partial charge in [-0.3, -0.25) is 0 Å². The average molecular weight is 250 g/mol. The molecule has 98 valence electrons. The summed E-state index contributed by atoms with van der Waals surface area (Å²) in [6.45, 7) is 5.89. The minimum atomic E-state index is -1.31. The number of carboxylic acid groups (broad SMARTS) is 1. The van der Waals surface area contributed by atoms with Gasteiger partial charge in [-0.25, -0.2) is 4.79 Å². The number of rotatable bonds is 3. The molecule has 1 aliphatic rings. The van der Waals surface area contributed by atoms with Crippen molar-refractivity contribution in [1.82, 2.24) is 0 Å². The van der Waals surface area contributed by atoms with Gasteiger partial charge >= 0.3 is 5.97 Å². The van der Waals surface area contributed by atoms with Crippen molar-refractivity contribution < 1.29 is 19.4 Å². The lowest BCUT2D eigenvalue weighted by Gasteiger charge is -2.43. The summed E-state index contributed by atoms with van der Waals surface area (Å²) in [5.41, 5.74) is -1.28. The third-order valence-corrected chi connectivity index (χ3v) is 3.12. The van der Waals surface area contributed by atoms with Gasteiger partial charge in [0.2, 0.25) is 0 Å². The summed E-state index contributed by atoms with van der Waals surface area (Å²) in [7, 11) is 0. The molecule has 4 nitrogen and oxygen atoms in total. The van der Waals surface area contributed by atoms with E-state index in [0.29, 0.717) is 24.3 Å². The number of aliphatic carboxylic acids is 1. The minimum absolute atomic E-state index is 0.292. The summed E-state index contributed by atoms with van der Waals surface area (Å²) < 4.78 is 11.4. The van der Waals surface area contributed by atoms with E-state index in [1.807, 2.05) is 19.9 Å². The number of carbonyl (C=O) groups is 1. The van der Waals surface area contributed by atoms with E-state index in [1.54, 1.807) is 25.1 Å². The topological polar surface area (TPSA) is 55.8 Å². The maximum Gasteiger partial charge on any atom is 0.340 e. The Morgan fingerprint density at radius 2 is 2.11 bits per heavy atom. The van der Waals surface area contributed by atoms with E-state index in [-0.39, 0.29) is 0 Å². The van der Waals surface area contributed by atoms with Crippen molar-refractivity contribution in [3.63, 3.8) is 0 Å². The summed E-state index contributed by atoms with van der Waals surface area (Å²) in [5.74, 6) is -0.377. The van der Waals surface area contributed by atoms with E-state index in [1.165, 1.54) is 0 Å². The van der Waals surface area contributed by atoms with Crippen molar-refractivity contribution in [2.45, 2.75) is 38.4 Å². The van der Waals surface area contributed by atoms with Crippen LogP contribution in [0.2, 0.25) is 0 Å². The molecule has 1 aromatic rings. The predicted octanol–water partition coefficient (Wildman–Crippen LogP) is 2.56. The van der Waals surface area contributed by atoms with Gasteiger partial charge < -0.3 is 14.6 Å². The fraction of sp³-hybridized carbons (Fsp3) is 0.500. The maximum atomic E-state index is 11.7. The number of hydrogen-bond donors (Lipinski definition) is 1. The molecule has 1 atom stereocenters. The highest BCUT2D eigenvalue weighted by molar-refractivity contribution is 5.81. The van der Waals surface area contributed by atoms with Crippen LogP contribution in [0.25, 0.3) is 0 Å². The summed E-state index contributed by atoms with van der Waals surface area (Å²) >= 11 is 0. The van der Waals surface area contributed by atoms with Crippen molar-refractivity contribution >= 4 is 5.97 Å². The lowest BCUT2D eigenvalue weighted by molar-refractivity contribution is -0.179. The molecule has 1 unspecified atom stereocenters. The third-order valence-electron chi connectivity index (χ3n) is 3.12. The van der Waals surface area contributed by atoms with Crippen molar-refractivity contribution in [1.29, 1.82) is 0 Å². The van der Waals surface area contributed by atoms with Crippen LogP contribution in [0.1, 0.15) is 32.8 Å². The van der Waals surface area contributed by atoms with Crippen LogP contribution in [0.5, 0.6) is 5.75 Å². The van der Waals surface area contributed by atoms with Gasteiger partial charge in [-0.1, -0.05) is 18.2 Å². The number of ether oxygens (including phenoxy) is 2. The molecule has 0 aliphatic carbocycles. The maximum absolute atomic E-state index is 11.7. The number of carboxylic acids is 1. The monoisotopic (exact) mass is 250 g/mol. The zero-order valence-electron chi connectivity index (χ0n) is 10.9. The molecule has 0 aromatic heterocycles. The Morgan fingerprint density at radius 3 is 2.72 bits per heavy atom. The Balaban J connectivity index is 2.61. The number of benzene rings is 1. The summed E-state index contributed by atoms with van der Waals surface area (Å²) in [6.07, 6.45) is 0.292. The molecule has 0 amide bonds. The first-order valence-electron chi connectivity index (χ1n) is 6.07. The van der Waals surface area contributed by atoms with Crippen LogP contribution >= 0.6 is 0 Å². The summed E-state index contributed by atoms with van der Waals surface area (Å²) in [5, 5.41) is 9.62. The Labute approximate surface area is 107 Å². The van der Waals surface area contributed by atoms with Gasteiger partial charge in [-0.15, -0.1) is 0 Å². The number of para-hydroxylation sites is 1. The lowest BCUT2D eigenvalue weighted by atomic mass is 9.80. The van der Waals surface area contributed by atoms with Crippen LogP contribution in [0, 0.1) is 0 Å². The van der Waals surface area contributed by atoms with E-state index in [2.05, 4.69) is 0 Å². The quantitative estimate of drug-likeness (QED) is 0.895. The molecular formula is C14H18O4. The molecule has 18 heavy (non-hydrogen) atoms. The standard InChI is InChI=1S/C14H18O4/c1-4-17-14(12(15)16)9-13(2,3)18-11-8-6-5-7-10(11)14/h5-8H,4,9H2,1-3H3,(H,15,16). The van der Waals surface area contributed by atoms with Gasteiger partial charge in [0.1, 0.15) is 11.4 Å². The highest BCUT2D eigenvalue weighted by atomic mass is 16.5. The van der Waals surface area contributed by atoms with E-state index in [9.17, 15) is 9.90 Å². The molecule has 0 spiro atoms. The molecule has 2 rings (SSSR count). The summed E-state index contributed by atoms with van der Waals surface area (Å²) in [6, 6.07) is 7.18. The summed E-state index contributed by atoms with van der Waals surface area (Å²) in [4.78, 5) is 11.7. The van der Waals surface area contributed by atoms with Gasteiger partial charge in [-0.05, 0) is 26.8 Å². The van der Waals surface area contributed by atoms with Gasteiger partial charge in [0.25, 0.3) is 0 Å². The van der Waals surface area contributed by atoms with E-state index < -0.39 is 17.2 Å². The van der Waals surface area contributed by atoms with Crippen LogP contribution < -0.4 is 4.74 Å². The Kier molecular flexibility index (Phi) is 3.07. The minimum Gasteiger partial charge on any atom is -0.487 e. The molecule has 1 aromatic carbocycles. The Bertz CT molecular complexity index is 467.